The summed E-state index contributed by atoms with van der Waals surface area (Å²) in [4.78, 5) is 0. The molecule has 0 unspecified atom stereocenters. The van der Waals surface area contributed by atoms with Gasteiger partial charge < -0.3 is 14.8 Å². The minimum absolute atomic E-state index is 0.638. The predicted octanol–water partition coefficient (Wildman–Crippen LogP) is 0.266. The zero-order chi connectivity index (χ0) is 10.9. The Morgan fingerprint density at radius 1 is 1.40 bits per heavy atom. The molecule has 1 N–H and O–H groups in total. The Kier molecular flexibility index (Phi) is 5.99. The molecule has 0 aliphatic rings. The van der Waals surface area contributed by atoms with Crippen molar-refractivity contribution in [3.05, 3.63) is 18.0 Å². The van der Waals surface area contributed by atoms with Gasteiger partial charge in [0.2, 0.25) is 0 Å². The molecular formula is C10H19N3O2. The molecular weight excluding hydrogens is 194 g/mol. The summed E-state index contributed by atoms with van der Waals surface area (Å²) in [6.07, 6.45) is 1.81. The quantitative estimate of drug-likeness (QED) is 0.630. The second-order valence-electron chi connectivity index (χ2n) is 3.18. The molecule has 0 fully saturated rings. The molecule has 0 saturated heterocycles. The lowest BCUT2D eigenvalue weighted by Crippen LogP contribution is -2.15. The molecule has 0 aromatic carbocycles. The van der Waals surface area contributed by atoms with Gasteiger partial charge in [-0.25, -0.2) is 0 Å². The normalized spacial score (nSPS) is 10.8. The molecule has 1 heterocycles. The number of methoxy groups -OCH3 is 1. The molecule has 86 valence electrons. The summed E-state index contributed by atoms with van der Waals surface area (Å²) in [6, 6.07) is 2.01. The fraction of sp³-hybridized carbons (Fsp3) is 0.700. The first-order valence-electron chi connectivity index (χ1n) is 5.10. The van der Waals surface area contributed by atoms with Crippen LogP contribution in [0.2, 0.25) is 0 Å². The molecule has 5 heteroatoms. The molecule has 0 amide bonds. The standard InChI is InChI=1S/C10H19N3O2/c1-11-9-10-3-4-12-13(10)5-6-15-8-7-14-2/h3-4,11H,5-9H2,1-2H3. The van der Waals surface area contributed by atoms with Gasteiger partial charge in [0.1, 0.15) is 0 Å². The average Bonchev–Trinajstić information content (AvgIpc) is 2.66. The second-order valence-corrected chi connectivity index (χ2v) is 3.18. The minimum atomic E-state index is 0.638. The maximum atomic E-state index is 5.37. The van der Waals surface area contributed by atoms with Crippen molar-refractivity contribution >= 4 is 0 Å². The summed E-state index contributed by atoms with van der Waals surface area (Å²) in [6.45, 7) is 3.56. The molecule has 15 heavy (non-hydrogen) atoms. The largest absolute Gasteiger partial charge is 0.382 e. The topological polar surface area (TPSA) is 48.3 Å². The molecule has 0 aliphatic heterocycles. The summed E-state index contributed by atoms with van der Waals surface area (Å²) >= 11 is 0. The number of rotatable bonds is 8. The fourth-order valence-corrected chi connectivity index (χ4v) is 1.29. The molecule has 0 aliphatic carbocycles. The van der Waals surface area contributed by atoms with Crippen LogP contribution in [0.5, 0.6) is 0 Å². The summed E-state index contributed by atoms with van der Waals surface area (Å²) in [5.74, 6) is 0. The number of hydrogen-bond acceptors (Lipinski definition) is 4. The van der Waals surface area contributed by atoms with Gasteiger partial charge >= 0.3 is 0 Å². The Labute approximate surface area is 90.4 Å². The number of ether oxygens (including phenoxy) is 2. The Hall–Kier alpha value is -0.910. The molecule has 0 saturated carbocycles. The number of nitrogens with zero attached hydrogens (tertiary/aromatic N) is 2. The van der Waals surface area contributed by atoms with Crippen LogP contribution >= 0.6 is 0 Å². The number of aromatic nitrogens is 2. The van der Waals surface area contributed by atoms with Gasteiger partial charge in [-0.1, -0.05) is 0 Å². The smallest absolute Gasteiger partial charge is 0.0701 e. The van der Waals surface area contributed by atoms with Crippen LogP contribution in [0.3, 0.4) is 0 Å². The van der Waals surface area contributed by atoms with E-state index in [-0.39, 0.29) is 0 Å². The van der Waals surface area contributed by atoms with Crippen molar-refractivity contribution in [2.45, 2.75) is 13.1 Å². The van der Waals surface area contributed by atoms with Gasteiger partial charge in [0, 0.05) is 19.9 Å². The van der Waals surface area contributed by atoms with E-state index in [1.807, 2.05) is 24.0 Å². The fourth-order valence-electron chi connectivity index (χ4n) is 1.29. The van der Waals surface area contributed by atoms with Gasteiger partial charge in [0.15, 0.2) is 0 Å². The van der Waals surface area contributed by atoms with Crippen molar-refractivity contribution in [1.29, 1.82) is 0 Å². The third-order valence-electron chi connectivity index (χ3n) is 2.04. The highest BCUT2D eigenvalue weighted by molar-refractivity contribution is 4.99. The summed E-state index contributed by atoms with van der Waals surface area (Å²) in [5.41, 5.74) is 1.17. The first-order chi connectivity index (χ1) is 7.38. The lowest BCUT2D eigenvalue weighted by atomic mass is 10.4. The van der Waals surface area contributed by atoms with E-state index in [1.54, 1.807) is 7.11 Å². The molecule has 1 rings (SSSR count). The average molecular weight is 213 g/mol. The van der Waals surface area contributed by atoms with Crippen LogP contribution in [0.4, 0.5) is 0 Å². The van der Waals surface area contributed by atoms with Crippen LogP contribution < -0.4 is 5.32 Å². The molecule has 0 bridgehead atoms. The SMILES string of the molecule is CNCc1ccnn1CCOCCOC. The predicted molar refractivity (Wildman–Crippen MR) is 57.7 cm³/mol. The summed E-state index contributed by atoms with van der Waals surface area (Å²) in [5, 5.41) is 7.32. The van der Waals surface area contributed by atoms with E-state index in [4.69, 9.17) is 9.47 Å². The third-order valence-corrected chi connectivity index (χ3v) is 2.04. The van der Waals surface area contributed by atoms with Crippen LogP contribution in [-0.2, 0) is 22.6 Å². The number of nitrogens with one attached hydrogen (secondary N) is 1. The van der Waals surface area contributed by atoms with Gasteiger partial charge in [-0.3, -0.25) is 4.68 Å². The third kappa shape index (κ3) is 4.42. The van der Waals surface area contributed by atoms with Crippen molar-refractivity contribution in [2.75, 3.05) is 34.0 Å². The molecule has 1 aromatic rings. The maximum Gasteiger partial charge on any atom is 0.0701 e. The van der Waals surface area contributed by atoms with E-state index in [0.717, 1.165) is 13.1 Å². The van der Waals surface area contributed by atoms with Crippen LogP contribution in [0.15, 0.2) is 12.3 Å². The van der Waals surface area contributed by atoms with Gasteiger partial charge in [-0.2, -0.15) is 5.10 Å². The lowest BCUT2D eigenvalue weighted by molar-refractivity contribution is 0.0651. The highest BCUT2D eigenvalue weighted by Gasteiger charge is 2.00. The highest BCUT2D eigenvalue weighted by Crippen LogP contribution is 1.97. The molecule has 0 radical (unpaired) electrons. The van der Waals surface area contributed by atoms with Crippen LogP contribution in [-0.4, -0.2) is 43.8 Å². The monoisotopic (exact) mass is 213 g/mol. The molecule has 0 spiro atoms. The molecule has 1 aromatic heterocycles. The Morgan fingerprint density at radius 3 is 3.00 bits per heavy atom. The van der Waals surface area contributed by atoms with Gasteiger partial charge in [0.25, 0.3) is 0 Å². The van der Waals surface area contributed by atoms with E-state index in [9.17, 15) is 0 Å². The van der Waals surface area contributed by atoms with Crippen molar-refractivity contribution in [1.82, 2.24) is 15.1 Å². The summed E-state index contributed by atoms with van der Waals surface area (Å²) < 4.78 is 12.2. The van der Waals surface area contributed by atoms with Crippen molar-refractivity contribution in [3.63, 3.8) is 0 Å². The Balaban J connectivity index is 2.21. The van der Waals surface area contributed by atoms with Crippen LogP contribution in [0, 0.1) is 0 Å². The Morgan fingerprint density at radius 2 is 2.27 bits per heavy atom. The van der Waals surface area contributed by atoms with Crippen LogP contribution in [0.1, 0.15) is 5.69 Å². The number of hydrogen-bond donors (Lipinski definition) is 1. The van der Waals surface area contributed by atoms with Gasteiger partial charge in [0.05, 0.1) is 32.1 Å². The van der Waals surface area contributed by atoms with Crippen molar-refractivity contribution in [2.24, 2.45) is 0 Å². The first kappa shape index (κ1) is 12.2. The van der Waals surface area contributed by atoms with Crippen molar-refractivity contribution < 1.29 is 9.47 Å². The Bertz CT molecular complexity index is 263. The van der Waals surface area contributed by atoms with Gasteiger partial charge in [-0.15, -0.1) is 0 Å². The van der Waals surface area contributed by atoms with E-state index in [2.05, 4.69) is 10.4 Å². The zero-order valence-electron chi connectivity index (χ0n) is 9.40. The summed E-state index contributed by atoms with van der Waals surface area (Å²) in [7, 11) is 3.59. The van der Waals surface area contributed by atoms with Gasteiger partial charge in [-0.05, 0) is 13.1 Å². The molecule has 0 atom stereocenters. The van der Waals surface area contributed by atoms with E-state index in [1.165, 1.54) is 5.69 Å². The maximum absolute atomic E-state index is 5.37. The van der Waals surface area contributed by atoms with Crippen molar-refractivity contribution in [3.8, 4) is 0 Å². The molecule has 5 nitrogen and oxygen atoms in total. The zero-order valence-corrected chi connectivity index (χ0v) is 9.40. The first-order valence-corrected chi connectivity index (χ1v) is 5.10. The second kappa shape index (κ2) is 7.39. The van der Waals surface area contributed by atoms with E-state index < -0.39 is 0 Å². The lowest BCUT2D eigenvalue weighted by Gasteiger charge is -2.07. The van der Waals surface area contributed by atoms with E-state index >= 15 is 0 Å². The minimum Gasteiger partial charge on any atom is -0.382 e. The van der Waals surface area contributed by atoms with Crippen LogP contribution in [0.25, 0.3) is 0 Å². The van der Waals surface area contributed by atoms with E-state index in [0.29, 0.717) is 19.8 Å². The highest BCUT2D eigenvalue weighted by atomic mass is 16.5.